The van der Waals surface area contributed by atoms with Gasteiger partial charge >= 0.3 is 0 Å². The number of hydrogen-bond acceptors (Lipinski definition) is 5. The zero-order valence-corrected chi connectivity index (χ0v) is 14.2. The molecule has 7 heteroatoms. The second kappa shape index (κ2) is 6.43. The lowest BCUT2D eigenvalue weighted by molar-refractivity contribution is 0.626. The minimum atomic E-state index is -0.146. The topological polar surface area (TPSA) is 73.8 Å². The van der Waals surface area contributed by atoms with Crippen molar-refractivity contribution in [3.05, 3.63) is 72.2 Å². The van der Waals surface area contributed by atoms with E-state index in [0.717, 1.165) is 41.3 Å². The number of hydrogen-bond donors (Lipinski definition) is 0. The van der Waals surface area contributed by atoms with Crippen LogP contribution in [0.3, 0.4) is 0 Å². The van der Waals surface area contributed by atoms with E-state index >= 15 is 0 Å². The summed E-state index contributed by atoms with van der Waals surface area (Å²) in [6, 6.07) is 5.78. The maximum absolute atomic E-state index is 4.79. The number of aryl methyl sites for hydroxylation is 2. The van der Waals surface area contributed by atoms with Gasteiger partial charge in [-0.15, -0.1) is 10.2 Å². The molecule has 0 radical (unpaired) electrons. The summed E-state index contributed by atoms with van der Waals surface area (Å²) >= 11 is 0. The van der Waals surface area contributed by atoms with Crippen molar-refractivity contribution in [2.24, 2.45) is 0 Å². The SMILES string of the molecule is CCCc1c(C(c2ccccn2)n2ccnc2)ncn2c(C)nnc12. The van der Waals surface area contributed by atoms with Crippen LogP contribution in [-0.4, -0.2) is 34.1 Å². The van der Waals surface area contributed by atoms with Crippen LogP contribution in [-0.2, 0) is 6.42 Å². The Morgan fingerprint density at radius 2 is 2.00 bits per heavy atom. The zero-order chi connectivity index (χ0) is 17.2. The Labute approximate surface area is 145 Å². The largest absolute Gasteiger partial charge is 0.323 e. The Hall–Kier alpha value is -3.09. The van der Waals surface area contributed by atoms with Crippen LogP contribution in [0.4, 0.5) is 0 Å². The summed E-state index contributed by atoms with van der Waals surface area (Å²) in [7, 11) is 0. The van der Waals surface area contributed by atoms with Crippen LogP contribution in [0.1, 0.15) is 42.2 Å². The van der Waals surface area contributed by atoms with Crippen LogP contribution >= 0.6 is 0 Å². The first-order valence-corrected chi connectivity index (χ1v) is 8.37. The molecular formula is C18H19N7. The van der Waals surface area contributed by atoms with Crippen molar-refractivity contribution in [2.75, 3.05) is 0 Å². The molecule has 25 heavy (non-hydrogen) atoms. The van der Waals surface area contributed by atoms with Gasteiger partial charge in [0.25, 0.3) is 0 Å². The molecular weight excluding hydrogens is 314 g/mol. The van der Waals surface area contributed by atoms with Crippen molar-refractivity contribution >= 4 is 5.65 Å². The van der Waals surface area contributed by atoms with Gasteiger partial charge in [0.05, 0.1) is 17.7 Å². The summed E-state index contributed by atoms with van der Waals surface area (Å²) in [5, 5.41) is 8.60. The molecule has 0 spiro atoms. The third kappa shape index (κ3) is 2.67. The summed E-state index contributed by atoms with van der Waals surface area (Å²) in [4.78, 5) is 13.6. The molecule has 0 aliphatic heterocycles. The second-order valence-corrected chi connectivity index (χ2v) is 5.97. The van der Waals surface area contributed by atoms with Crippen LogP contribution in [0, 0.1) is 6.92 Å². The lowest BCUT2D eigenvalue weighted by Crippen LogP contribution is -2.17. The molecule has 4 heterocycles. The van der Waals surface area contributed by atoms with Crippen LogP contribution in [0.2, 0.25) is 0 Å². The van der Waals surface area contributed by atoms with Gasteiger partial charge in [-0.25, -0.2) is 9.97 Å². The second-order valence-electron chi connectivity index (χ2n) is 5.97. The van der Waals surface area contributed by atoms with Crippen molar-refractivity contribution < 1.29 is 0 Å². The summed E-state index contributed by atoms with van der Waals surface area (Å²) in [5.41, 5.74) is 3.84. The van der Waals surface area contributed by atoms with Gasteiger partial charge in [0.2, 0.25) is 0 Å². The van der Waals surface area contributed by atoms with E-state index in [1.165, 1.54) is 0 Å². The Morgan fingerprint density at radius 1 is 1.08 bits per heavy atom. The molecule has 0 saturated heterocycles. The molecule has 4 aromatic rings. The molecule has 0 amide bonds. The zero-order valence-electron chi connectivity index (χ0n) is 14.2. The number of fused-ring (bicyclic) bond motifs is 1. The number of rotatable bonds is 5. The lowest BCUT2D eigenvalue weighted by Gasteiger charge is -2.20. The fraction of sp³-hybridized carbons (Fsp3) is 0.278. The van der Waals surface area contributed by atoms with Crippen LogP contribution in [0.5, 0.6) is 0 Å². The monoisotopic (exact) mass is 333 g/mol. The van der Waals surface area contributed by atoms with E-state index in [1.807, 2.05) is 40.3 Å². The quantitative estimate of drug-likeness (QED) is 0.561. The average molecular weight is 333 g/mol. The first-order valence-electron chi connectivity index (χ1n) is 8.37. The molecule has 0 fully saturated rings. The standard InChI is InChI=1S/C18H19N7/c1-3-6-14-16(21-12-25-13(2)22-23-18(14)25)17(24-10-9-19-11-24)15-7-4-5-8-20-15/h4-5,7-12,17H,3,6H2,1-2H3. The van der Waals surface area contributed by atoms with Crippen molar-refractivity contribution in [1.29, 1.82) is 0 Å². The maximum atomic E-state index is 4.79. The number of pyridine rings is 1. The van der Waals surface area contributed by atoms with E-state index in [9.17, 15) is 0 Å². The maximum Gasteiger partial charge on any atom is 0.167 e. The van der Waals surface area contributed by atoms with E-state index < -0.39 is 0 Å². The molecule has 1 atom stereocenters. The van der Waals surface area contributed by atoms with Crippen LogP contribution in [0.25, 0.3) is 5.65 Å². The molecule has 1 unspecified atom stereocenters. The first kappa shape index (κ1) is 15.4. The predicted octanol–water partition coefficient (Wildman–Crippen LogP) is 2.61. The minimum Gasteiger partial charge on any atom is -0.323 e. The van der Waals surface area contributed by atoms with E-state index in [0.29, 0.717) is 0 Å². The minimum absolute atomic E-state index is 0.146. The Morgan fingerprint density at radius 3 is 2.72 bits per heavy atom. The van der Waals surface area contributed by atoms with Crippen molar-refractivity contribution in [3.63, 3.8) is 0 Å². The van der Waals surface area contributed by atoms with Crippen LogP contribution in [0.15, 0.2) is 49.4 Å². The van der Waals surface area contributed by atoms with Gasteiger partial charge in [0, 0.05) is 24.2 Å². The third-order valence-corrected chi connectivity index (χ3v) is 4.31. The molecule has 7 nitrogen and oxygen atoms in total. The Bertz CT molecular complexity index is 974. The summed E-state index contributed by atoms with van der Waals surface area (Å²) < 4.78 is 3.97. The molecule has 0 N–H and O–H groups in total. The van der Waals surface area contributed by atoms with Gasteiger partial charge in [0.1, 0.15) is 18.2 Å². The highest BCUT2D eigenvalue weighted by molar-refractivity contribution is 5.51. The molecule has 126 valence electrons. The molecule has 0 aliphatic carbocycles. The van der Waals surface area contributed by atoms with Gasteiger partial charge in [-0.1, -0.05) is 19.4 Å². The van der Waals surface area contributed by atoms with Gasteiger partial charge in [-0.05, 0) is 25.5 Å². The van der Waals surface area contributed by atoms with Gasteiger partial charge in [-0.3, -0.25) is 9.38 Å². The average Bonchev–Trinajstić information content (AvgIpc) is 3.29. The fourth-order valence-corrected chi connectivity index (χ4v) is 3.15. The Kier molecular flexibility index (Phi) is 3.97. The van der Waals surface area contributed by atoms with E-state index in [4.69, 9.17) is 4.98 Å². The highest BCUT2D eigenvalue weighted by Crippen LogP contribution is 2.28. The van der Waals surface area contributed by atoms with Crippen molar-refractivity contribution in [3.8, 4) is 0 Å². The van der Waals surface area contributed by atoms with Gasteiger partial charge in [-0.2, -0.15) is 0 Å². The third-order valence-electron chi connectivity index (χ3n) is 4.31. The fourth-order valence-electron chi connectivity index (χ4n) is 3.15. The highest BCUT2D eigenvalue weighted by atomic mass is 15.3. The lowest BCUT2D eigenvalue weighted by atomic mass is 10.0. The normalized spacial score (nSPS) is 12.6. The summed E-state index contributed by atoms with van der Waals surface area (Å²) in [5.74, 6) is 0.837. The molecule has 4 rings (SSSR count). The smallest absolute Gasteiger partial charge is 0.167 e. The van der Waals surface area contributed by atoms with E-state index in [-0.39, 0.29) is 6.04 Å². The molecule has 0 saturated carbocycles. The van der Waals surface area contributed by atoms with Gasteiger partial charge < -0.3 is 4.57 Å². The number of nitrogens with zero attached hydrogens (tertiary/aromatic N) is 7. The number of imidazole rings is 1. The van der Waals surface area contributed by atoms with Crippen LogP contribution < -0.4 is 0 Å². The number of aromatic nitrogens is 7. The van der Waals surface area contributed by atoms with Gasteiger partial charge in [0.15, 0.2) is 5.65 Å². The summed E-state index contributed by atoms with van der Waals surface area (Å²) in [6.45, 7) is 4.09. The van der Waals surface area contributed by atoms with Crippen molar-refractivity contribution in [1.82, 2.24) is 34.1 Å². The summed E-state index contributed by atoms with van der Waals surface area (Å²) in [6.07, 6.45) is 11.0. The van der Waals surface area contributed by atoms with E-state index in [2.05, 4.69) is 27.1 Å². The predicted molar refractivity (Wildman–Crippen MR) is 93.2 cm³/mol. The molecule has 0 aromatic carbocycles. The van der Waals surface area contributed by atoms with Crippen molar-refractivity contribution in [2.45, 2.75) is 32.7 Å². The molecule has 0 bridgehead atoms. The highest BCUT2D eigenvalue weighted by Gasteiger charge is 2.24. The molecule has 0 aliphatic rings. The first-order chi connectivity index (χ1) is 12.3. The Balaban J connectivity index is 1.97. The van der Waals surface area contributed by atoms with E-state index in [1.54, 1.807) is 25.0 Å². The molecule has 4 aromatic heterocycles.